The van der Waals surface area contributed by atoms with E-state index in [2.05, 4.69) is 17.1 Å². The highest BCUT2D eigenvalue weighted by Crippen LogP contribution is 2.19. The van der Waals surface area contributed by atoms with Crippen LogP contribution in [-0.4, -0.2) is 32.1 Å². The third-order valence-corrected chi connectivity index (χ3v) is 4.70. The lowest BCUT2D eigenvalue weighted by Gasteiger charge is -2.23. The summed E-state index contributed by atoms with van der Waals surface area (Å²) in [6.45, 7) is 5.58. The summed E-state index contributed by atoms with van der Waals surface area (Å²) in [5, 5.41) is 7.17. The first-order valence-electron chi connectivity index (χ1n) is 9.12. The van der Waals surface area contributed by atoms with E-state index in [-0.39, 0.29) is 12.5 Å². The molecule has 1 N–H and O–H groups in total. The number of aromatic amines is 1. The van der Waals surface area contributed by atoms with Crippen LogP contribution in [0.1, 0.15) is 24.5 Å². The van der Waals surface area contributed by atoms with Crippen LogP contribution in [0, 0.1) is 11.7 Å². The standard InChI is InChI=1S/C21H24N4OS/c1-3-12-24(14-17-9-5-4-6-10-17)19(26)15-25-20(22-23-21(25)27)18-11-7-8-16(2)13-18/h4-11,13H,3,12,14-15H2,1-2H3,(H,23,27). The SMILES string of the molecule is CCCN(Cc1ccccc1)C(=O)Cn1c(-c2cccc(C)c2)n[nH]c1=S. The molecule has 140 valence electrons. The first kappa shape index (κ1) is 19.0. The maximum atomic E-state index is 13.0. The van der Waals surface area contributed by atoms with Crippen LogP contribution >= 0.6 is 12.2 Å². The fourth-order valence-corrected chi connectivity index (χ4v) is 3.27. The predicted octanol–water partition coefficient (Wildman–Crippen LogP) is 4.35. The van der Waals surface area contributed by atoms with Crippen molar-refractivity contribution >= 4 is 18.1 Å². The van der Waals surface area contributed by atoms with Crippen molar-refractivity contribution in [2.75, 3.05) is 6.54 Å². The Balaban J connectivity index is 1.84. The maximum absolute atomic E-state index is 13.0. The van der Waals surface area contributed by atoms with Gasteiger partial charge in [-0.3, -0.25) is 14.5 Å². The number of carbonyl (C=O) groups excluding carboxylic acids is 1. The van der Waals surface area contributed by atoms with E-state index >= 15 is 0 Å². The van der Waals surface area contributed by atoms with E-state index in [0.717, 1.165) is 23.1 Å². The molecule has 0 spiro atoms. The van der Waals surface area contributed by atoms with Crippen molar-refractivity contribution in [3.63, 3.8) is 0 Å². The fraction of sp³-hybridized carbons (Fsp3) is 0.286. The van der Waals surface area contributed by atoms with Crippen molar-refractivity contribution < 1.29 is 4.79 Å². The monoisotopic (exact) mass is 380 g/mol. The van der Waals surface area contributed by atoms with E-state index in [1.807, 2.05) is 66.4 Å². The summed E-state index contributed by atoms with van der Waals surface area (Å²) in [4.78, 5) is 14.9. The number of aromatic nitrogens is 3. The molecule has 3 rings (SSSR count). The van der Waals surface area contributed by atoms with Gasteiger partial charge in [0.15, 0.2) is 10.6 Å². The number of nitrogens with one attached hydrogen (secondary N) is 1. The van der Waals surface area contributed by atoms with Crippen molar-refractivity contribution in [3.8, 4) is 11.4 Å². The minimum atomic E-state index is 0.0344. The van der Waals surface area contributed by atoms with E-state index in [4.69, 9.17) is 12.2 Å². The quantitative estimate of drug-likeness (QED) is 0.620. The Morgan fingerprint density at radius 1 is 1.19 bits per heavy atom. The zero-order chi connectivity index (χ0) is 19.2. The minimum absolute atomic E-state index is 0.0344. The highest BCUT2D eigenvalue weighted by Gasteiger charge is 2.17. The van der Waals surface area contributed by atoms with Crippen LogP contribution < -0.4 is 0 Å². The molecule has 27 heavy (non-hydrogen) atoms. The van der Waals surface area contributed by atoms with Crippen LogP contribution in [0.25, 0.3) is 11.4 Å². The number of rotatable bonds is 7. The van der Waals surface area contributed by atoms with E-state index in [1.54, 1.807) is 4.57 Å². The van der Waals surface area contributed by atoms with Gasteiger partial charge < -0.3 is 4.90 Å². The first-order chi connectivity index (χ1) is 13.1. The van der Waals surface area contributed by atoms with Gasteiger partial charge in [-0.2, -0.15) is 5.10 Å². The Bertz CT molecular complexity index is 962. The molecular formula is C21H24N4OS. The van der Waals surface area contributed by atoms with Crippen molar-refractivity contribution in [2.45, 2.75) is 33.4 Å². The highest BCUT2D eigenvalue weighted by atomic mass is 32.1. The van der Waals surface area contributed by atoms with Gasteiger partial charge in [-0.05, 0) is 37.2 Å². The number of hydrogen-bond donors (Lipinski definition) is 1. The van der Waals surface area contributed by atoms with Crippen LogP contribution in [0.3, 0.4) is 0 Å². The third kappa shape index (κ3) is 4.71. The van der Waals surface area contributed by atoms with E-state index in [9.17, 15) is 4.79 Å². The van der Waals surface area contributed by atoms with Crippen LogP contribution in [0.5, 0.6) is 0 Å². The second-order valence-electron chi connectivity index (χ2n) is 6.61. The molecule has 0 aliphatic heterocycles. The zero-order valence-corrected chi connectivity index (χ0v) is 16.5. The molecule has 6 heteroatoms. The van der Waals surface area contributed by atoms with Crippen LogP contribution in [0.15, 0.2) is 54.6 Å². The zero-order valence-electron chi connectivity index (χ0n) is 15.7. The summed E-state index contributed by atoms with van der Waals surface area (Å²) in [7, 11) is 0. The smallest absolute Gasteiger partial charge is 0.242 e. The Kier molecular flexibility index (Phi) is 6.19. The van der Waals surface area contributed by atoms with Crippen LogP contribution in [0.2, 0.25) is 0 Å². The first-order valence-corrected chi connectivity index (χ1v) is 9.53. The lowest BCUT2D eigenvalue weighted by molar-refractivity contribution is -0.132. The molecule has 0 saturated heterocycles. The molecule has 0 bridgehead atoms. The van der Waals surface area contributed by atoms with Gasteiger partial charge in [-0.1, -0.05) is 61.0 Å². The molecule has 0 fully saturated rings. The van der Waals surface area contributed by atoms with E-state index < -0.39 is 0 Å². The molecular weight excluding hydrogens is 356 g/mol. The van der Waals surface area contributed by atoms with E-state index in [1.165, 1.54) is 0 Å². The molecule has 0 aliphatic carbocycles. The van der Waals surface area contributed by atoms with Crippen molar-refractivity contribution in [1.82, 2.24) is 19.7 Å². The van der Waals surface area contributed by atoms with Gasteiger partial charge in [0.25, 0.3) is 0 Å². The van der Waals surface area contributed by atoms with Gasteiger partial charge in [0, 0.05) is 18.7 Å². The van der Waals surface area contributed by atoms with Crippen molar-refractivity contribution in [2.24, 2.45) is 0 Å². The van der Waals surface area contributed by atoms with Crippen molar-refractivity contribution in [1.29, 1.82) is 0 Å². The average Bonchev–Trinajstić information content (AvgIpc) is 3.03. The maximum Gasteiger partial charge on any atom is 0.242 e. The largest absolute Gasteiger partial charge is 0.337 e. The molecule has 0 atom stereocenters. The molecule has 2 aromatic carbocycles. The highest BCUT2D eigenvalue weighted by molar-refractivity contribution is 7.71. The van der Waals surface area contributed by atoms with Gasteiger partial charge in [-0.25, -0.2) is 0 Å². The van der Waals surface area contributed by atoms with Gasteiger partial charge in [0.05, 0.1) is 0 Å². The molecule has 0 saturated carbocycles. The molecule has 0 radical (unpaired) electrons. The summed E-state index contributed by atoms with van der Waals surface area (Å²) in [5.41, 5.74) is 3.20. The van der Waals surface area contributed by atoms with Gasteiger partial charge in [-0.15, -0.1) is 0 Å². The molecule has 1 heterocycles. The summed E-state index contributed by atoms with van der Waals surface area (Å²) >= 11 is 5.38. The van der Waals surface area contributed by atoms with Crippen molar-refractivity contribution in [3.05, 3.63) is 70.5 Å². The number of hydrogen-bond acceptors (Lipinski definition) is 3. The van der Waals surface area contributed by atoms with E-state index in [0.29, 0.717) is 23.7 Å². The molecule has 0 aliphatic rings. The second-order valence-corrected chi connectivity index (χ2v) is 7.00. The molecule has 3 aromatic rings. The summed E-state index contributed by atoms with van der Waals surface area (Å²) in [6.07, 6.45) is 0.903. The van der Waals surface area contributed by atoms with Gasteiger partial charge >= 0.3 is 0 Å². The molecule has 1 amide bonds. The normalized spacial score (nSPS) is 10.7. The average molecular weight is 381 g/mol. The Hall–Kier alpha value is -2.73. The number of carbonyl (C=O) groups is 1. The summed E-state index contributed by atoms with van der Waals surface area (Å²) < 4.78 is 2.23. The topological polar surface area (TPSA) is 53.9 Å². The number of aryl methyl sites for hydroxylation is 1. The summed E-state index contributed by atoms with van der Waals surface area (Å²) in [5.74, 6) is 0.723. The Morgan fingerprint density at radius 2 is 1.96 bits per heavy atom. The van der Waals surface area contributed by atoms with Gasteiger partial charge in [0.2, 0.25) is 5.91 Å². The fourth-order valence-electron chi connectivity index (χ4n) is 3.07. The van der Waals surface area contributed by atoms with Gasteiger partial charge in [0.1, 0.15) is 6.54 Å². The number of H-pyrrole nitrogens is 1. The van der Waals surface area contributed by atoms with Crippen LogP contribution in [0.4, 0.5) is 0 Å². The van der Waals surface area contributed by atoms with Crippen LogP contribution in [-0.2, 0) is 17.9 Å². The molecule has 5 nitrogen and oxygen atoms in total. The number of nitrogens with zero attached hydrogens (tertiary/aromatic N) is 3. The lowest BCUT2D eigenvalue weighted by Crippen LogP contribution is -2.34. The molecule has 1 aromatic heterocycles. The minimum Gasteiger partial charge on any atom is -0.337 e. The number of benzene rings is 2. The Labute approximate surface area is 164 Å². The number of amides is 1. The second kappa shape index (κ2) is 8.77. The summed E-state index contributed by atoms with van der Waals surface area (Å²) in [6, 6.07) is 18.1. The Morgan fingerprint density at radius 3 is 2.67 bits per heavy atom. The third-order valence-electron chi connectivity index (χ3n) is 4.39. The molecule has 0 unspecified atom stereocenters. The lowest BCUT2D eigenvalue weighted by atomic mass is 10.1. The predicted molar refractivity (Wildman–Crippen MR) is 110 cm³/mol.